The van der Waals surface area contributed by atoms with Gasteiger partial charge in [-0.3, -0.25) is 9.78 Å². The van der Waals surface area contributed by atoms with E-state index in [9.17, 15) is 23.1 Å². The summed E-state index contributed by atoms with van der Waals surface area (Å²) < 4.78 is 28.5. The number of sulfonamides is 1. The fourth-order valence-electron chi connectivity index (χ4n) is 5.64. The van der Waals surface area contributed by atoms with Gasteiger partial charge in [-0.1, -0.05) is 56.0 Å². The highest BCUT2D eigenvalue weighted by atomic mass is 32.2. The lowest BCUT2D eigenvalue weighted by Crippen LogP contribution is -2.60. The molecular weight excluding hydrogens is 534 g/mol. The summed E-state index contributed by atoms with van der Waals surface area (Å²) in [4.78, 5) is 33.0. The third-order valence-electron chi connectivity index (χ3n) is 7.80. The zero-order valence-corrected chi connectivity index (χ0v) is 23.8. The molecule has 10 heteroatoms. The molecule has 206 valence electrons. The molecule has 1 aliphatic heterocycles. The van der Waals surface area contributed by atoms with Gasteiger partial charge in [0.2, 0.25) is 15.9 Å². The zero-order valence-electron chi connectivity index (χ0n) is 22.2. The number of amides is 1. The lowest BCUT2D eigenvalue weighted by Gasteiger charge is -2.44. The minimum atomic E-state index is -3.96. The van der Waals surface area contributed by atoms with Crippen LogP contribution in [0.5, 0.6) is 0 Å². The van der Waals surface area contributed by atoms with Crippen LogP contribution in [0.15, 0.2) is 53.6 Å². The van der Waals surface area contributed by atoms with Crippen LogP contribution in [0.3, 0.4) is 0 Å². The maximum atomic E-state index is 13.8. The Kier molecular flexibility index (Phi) is 7.89. The van der Waals surface area contributed by atoms with Gasteiger partial charge >= 0.3 is 5.97 Å². The van der Waals surface area contributed by atoms with Crippen LogP contribution in [0.4, 0.5) is 5.69 Å². The molecule has 3 heterocycles. The van der Waals surface area contributed by atoms with Crippen LogP contribution in [-0.2, 0) is 21.2 Å². The van der Waals surface area contributed by atoms with E-state index in [4.69, 9.17) is 0 Å². The molecule has 1 saturated carbocycles. The Morgan fingerprint density at radius 2 is 1.82 bits per heavy atom. The molecule has 1 amide bonds. The van der Waals surface area contributed by atoms with Crippen molar-refractivity contribution >= 4 is 38.9 Å². The number of rotatable bonds is 7. The smallest absolute Gasteiger partial charge is 0.348 e. The number of pyridine rings is 1. The van der Waals surface area contributed by atoms with E-state index in [0.29, 0.717) is 12.1 Å². The summed E-state index contributed by atoms with van der Waals surface area (Å²) in [6.45, 7) is 3.70. The molecule has 5 rings (SSSR count). The molecule has 1 aromatic carbocycles. The number of benzene rings is 1. The molecule has 39 heavy (non-hydrogen) atoms. The average Bonchev–Trinajstić information content (AvgIpc) is 3.39. The van der Waals surface area contributed by atoms with Gasteiger partial charge in [0.1, 0.15) is 9.77 Å². The maximum Gasteiger partial charge on any atom is 0.348 e. The summed E-state index contributed by atoms with van der Waals surface area (Å²) >= 11 is 1.14. The molecule has 3 aromatic rings. The largest absolute Gasteiger partial charge is 0.477 e. The number of thiophene rings is 1. The van der Waals surface area contributed by atoms with Crippen molar-refractivity contribution in [1.82, 2.24) is 9.29 Å². The summed E-state index contributed by atoms with van der Waals surface area (Å²) in [5, 5.41) is 10.1. The number of piperazine rings is 1. The number of hydrogen-bond acceptors (Lipinski definition) is 6. The number of carbonyl (C=O) groups is 2. The van der Waals surface area contributed by atoms with Gasteiger partial charge in [-0.2, -0.15) is 4.31 Å². The lowest BCUT2D eigenvalue weighted by molar-refractivity contribution is -0.121. The van der Waals surface area contributed by atoms with Crippen molar-refractivity contribution in [2.75, 3.05) is 18.0 Å². The summed E-state index contributed by atoms with van der Waals surface area (Å²) in [5.74, 6) is -1.43. The van der Waals surface area contributed by atoms with Gasteiger partial charge in [-0.25, -0.2) is 13.2 Å². The first-order chi connectivity index (χ1) is 18.7. The Balaban J connectivity index is 1.54. The van der Waals surface area contributed by atoms with Crippen LogP contribution in [0.2, 0.25) is 0 Å². The molecular formula is C29H33N3O5S2. The molecule has 1 saturated heterocycles. The molecule has 2 aromatic heterocycles. The van der Waals surface area contributed by atoms with Gasteiger partial charge in [0.25, 0.3) is 0 Å². The summed E-state index contributed by atoms with van der Waals surface area (Å²) in [6, 6.07) is 12.4. The Morgan fingerprint density at radius 1 is 1.10 bits per heavy atom. The first-order valence-electron chi connectivity index (χ1n) is 13.4. The average molecular weight is 568 g/mol. The van der Waals surface area contributed by atoms with Gasteiger partial charge in [-0.15, -0.1) is 11.3 Å². The van der Waals surface area contributed by atoms with Crippen LogP contribution in [0, 0.1) is 12.8 Å². The Hall–Kier alpha value is -3.08. The molecule has 2 aliphatic rings. The molecule has 0 bridgehead atoms. The van der Waals surface area contributed by atoms with Gasteiger partial charge in [0.15, 0.2) is 0 Å². The van der Waals surface area contributed by atoms with E-state index in [1.54, 1.807) is 23.1 Å². The van der Waals surface area contributed by atoms with Crippen LogP contribution >= 0.6 is 11.3 Å². The van der Waals surface area contributed by atoms with Crippen molar-refractivity contribution in [3.63, 3.8) is 0 Å². The number of carboxylic acids is 1. The quantitative estimate of drug-likeness (QED) is 0.412. The molecule has 1 aliphatic carbocycles. The van der Waals surface area contributed by atoms with E-state index in [1.165, 1.54) is 10.5 Å². The van der Waals surface area contributed by atoms with Crippen molar-refractivity contribution in [3.05, 3.63) is 64.8 Å². The maximum absolute atomic E-state index is 13.8. The minimum absolute atomic E-state index is 0.0618. The Labute approximate surface area is 233 Å². The summed E-state index contributed by atoms with van der Waals surface area (Å²) in [5.41, 5.74) is 3.12. The molecule has 1 N–H and O–H groups in total. The number of aromatic carboxylic acids is 1. The van der Waals surface area contributed by atoms with Gasteiger partial charge < -0.3 is 10.0 Å². The fourth-order valence-corrected chi connectivity index (χ4v) is 7.98. The van der Waals surface area contributed by atoms with Crippen molar-refractivity contribution in [2.45, 2.75) is 63.3 Å². The standard InChI is InChI=1S/C29H33N3O5S2/c1-3-22-13-14-23(16-30-22)39(36,37)31-17-25(20-7-5-4-6-8-20)32(27(33)18-31)24-15-26(38-28(24)29(34)35)21-11-9-19(2)10-12-21/h9-16,20,25H,3-8,17-18H2,1-2H3,(H,34,35). The number of anilines is 1. The highest BCUT2D eigenvalue weighted by Gasteiger charge is 2.44. The van der Waals surface area contributed by atoms with Gasteiger partial charge in [0.05, 0.1) is 18.3 Å². The number of aromatic nitrogens is 1. The molecule has 1 atom stereocenters. The summed E-state index contributed by atoms with van der Waals surface area (Å²) in [6.07, 6.45) is 6.89. The Morgan fingerprint density at radius 3 is 2.44 bits per heavy atom. The van der Waals surface area contributed by atoms with Gasteiger partial charge in [0, 0.05) is 23.3 Å². The van der Waals surface area contributed by atoms with E-state index < -0.39 is 27.9 Å². The first-order valence-corrected chi connectivity index (χ1v) is 15.7. The lowest BCUT2D eigenvalue weighted by atomic mass is 9.82. The van der Waals surface area contributed by atoms with Crippen LogP contribution in [0.1, 0.15) is 60.0 Å². The van der Waals surface area contributed by atoms with Crippen molar-refractivity contribution in [2.24, 2.45) is 5.92 Å². The van der Waals surface area contributed by atoms with E-state index in [1.807, 2.05) is 38.1 Å². The molecule has 1 unspecified atom stereocenters. The van der Waals surface area contributed by atoms with E-state index in [0.717, 1.165) is 65.1 Å². The van der Waals surface area contributed by atoms with E-state index in [-0.39, 0.29) is 28.8 Å². The Bertz CT molecular complexity index is 1460. The normalized spacial score (nSPS) is 19.4. The summed E-state index contributed by atoms with van der Waals surface area (Å²) in [7, 11) is -3.96. The number of carbonyl (C=O) groups excluding carboxylic acids is 1. The predicted molar refractivity (Wildman–Crippen MR) is 152 cm³/mol. The van der Waals surface area contributed by atoms with Gasteiger partial charge in [-0.05, 0) is 55.9 Å². The topological polar surface area (TPSA) is 108 Å². The van der Waals surface area contributed by atoms with Crippen molar-refractivity contribution in [1.29, 1.82) is 0 Å². The molecule has 0 spiro atoms. The number of hydrogen-bond donors (Lipinski definition) is 1. The van der Waals surface area contributed by atoms with Crippen LogP contribution < -0.4 is 4.90 Å². The zero-order chi connectivity index (χ0) is 27.7. The second kappa shape index (κ2) is 11.2. The number of aryl methyl sites for hydroxylation is 2. The predicted octanol–water partition coefficient (Wildman–Crippen LogP) is 5.37. The number of nitrogens with zero attached hydrogens (tertiary/aromatic N) is 3. The van der Waals surface area contributed by atoms with Crippen LogP contribution in [-0.4, -0.2) is 53.8 Å². The molecule has 8 nitrogen and oxygen atoms in total. The highest BCUT2D eigenvalue weighted by molar-refractivity contribution is 7.89. The second-order valence-corrected chi connectivity index (χ2v) is 13.4. The molecule has 0 radical (unpaired) electrons. The minimum Gasteiger partial charge on any atom is -0.477 e. The molecule has 2 fully saturated rings. The third-order valence-corrected chi connectivity index (χ3v) is 10.8. The van der Waals surface area contributed by atoms with Crippen molar-refractivity contribution < 1.29 is 23.1 Å². The SMILES string of the molecule is CCc1ccc(S(=O)(=O)N2CC(=O)N(c3cc(-c4ccc(C)cc4)sc3C(=O)O)C(C3CCCCC3)C2)cn1. The highest BCUT2D eigenvalue weighted by Crippen LogP contribution is 2.42. The van der Waals surface area contributed by atoms with Crippen molar-refractivity contribution in [3.8, 4) is 10.4 Å². The third kappa shape index (κ3) is 5.50. The number of carboxylic acid groups (broad SMARTS) is 1. The van der Waals surface area contributed by atoms with E-state index >= 15 is 0 Å². The second-order valence-electron chi connectivity index (χ2n) is 10.4. The van der Waals surface area contributed by atoms with E-state index in [2.05, 4.69) is 4.98 Å². The first kappa shape index (κ1) is 27.5. The fraction of sp³-hybridized carbons (Fsp3) is 0.414. The monoisotopic (exact) mass is 567 g/mol. The van der Waals surface area contributed by atoms with Crippen LogP contribution in [0.25, 0.3) is 10.4 Å².